The maximum Gasteiger partial charge on any atom is 0.392 e. The average molecular weight is 439 g/mol. The number of alkyl halides is 3. The molecule has 0 aliphatic rings. The summed E-state index contributed by atoms with van der Waals surface area (Å²) in [4.78, 5) is 32.4. The van der Waals surface area contributed by atoms with Crippen molar-refractivity contribution in [2.45, 2.75) is 45.8 Å². The van der Waals surface area contributed by atoms with Gasteiger partial charge in [0.1, 0.15) is 11.3 Å². The van der Waals surface area contributed by atoms with Gasteiger partial charge < -0.3 is 14.8 Å². The summed E-state index contributed by atoms with van der Waals surface area (Å²) in [5, 5.41) is 2.82. The number of pyridine rings is 2. The van der Waals surface area contributed by atoms with Gasteiger partial charge in [0.05, 0.1) is 26.2 Å². The first-order valence-corrected chi connectivity index (χ1v) is 9.51. The fraction of sp³-hybridized carbons (Fsp3) is 0.429. The van der Waals surface area contributed by atoms with E-state index in [2.05, 4.69) is 15.3 Å². The van der Waals surface area contributed by atoms with Crippen molar-refractivity contribution < 1.29 is 32.2 Å². The zero-order valence-corrected chi connectivity index (χ0v) is 17.7. The van der Waals surface area contributed by atoms with E-state index in [-0.39, 0.29) is 29.5 Å². The van der Waals surface area contributed by atoms with Crippen LogP contribution in [0.15, 0.2) is 24.3 Å². The van der Waals surface area contributed by atoms with Crippen LogP contribution in [0.25, 0.3) is 0 Å². The zero-order chi connectivity index (χ0) is 23.2. The summed E-state index contributed by atoms with van der Waals surface area (Å²) < 4.78 is 46.8. The third-order valence-electron chi connectivity index (χ3n) is 4.21. The normalized spacial score (nSPS) is 12.2. The minimum atomic E-state index is -4.34. The molecular weight excluding hydrogens is 415 g/mol. The molecule has 7 nitrogen and oxygen atoms in total. The van der Waals surface area contributed by atoms with Gasteiger partial charge in [0, 0.05) is 23.9 Å². The van der Waals surface area contributed by atoms with Gasteiger partial charge in [-0.3, -0.25) is 14.6 Å². The number of methoxy groups -OCH3 is 1. The first kappa shape index (κ1) is 24.1. The Morgan fingerprint density at radius 1 is 1.19 bits per heavy atom. The third-order valence-corrected chi connectivity index (χ3v) is 4.21. The fourth-order valence-electron chi connectivity index (χ4n) is 2.82. The number of aryl methyl sites for hydroxylation is 1. The lowest BCUT2D eigenvalue weighted by Gasteiger charge is -2.17. The monoisotopic (exact) mass is 439 g/mol. The van der Waals surface area contributed by atoms with E-state index >= 15 is 0 Å². The van der Waals surface area contributed by atoms with Crippen molar-refractivity contribution in [3.8, 4) is 11.8 Å². The van der Waals surface area contributed by atoms with Gasteiger partial charge in [0.2, 0.25) is 11.8 Å². The first-order chi connectivity index (χ1) is 14.5. The number of aromatic nitrogens is 2. The number of amides is 1. The molecule has 0 spiro atoms. The van der Waals surface area contributed by atoms with E-state index in [0.717, 1.165) is 11.3 Å². The van der Waals surface area contributed by atoms with Crippen molar-refractivity contribution in [1.29, 1.82) is 0 Å². The number of hydrogen-bond donors (Lipinski definition) is 1. The molecule has 2 rings (SSSR count). The van der Waals surface area contributed by atoms with E-state index in [0.29, 0.717) is 5.69 Å². The van der Waals surface area contributed by atoms with Gasteiger partial charge in [-0.1, -0.05) is 0 Å². The van der Waals surface area contributed by atoms with Crippen molar-refractivity contribution in [2.24, 2.45) is 0 Å². The Bertz CT molecular complexity index is 948. The van der Waals surface area contributed by atoms with Gasteiger partial charge >= 0.3 is 6.18 Å². The lowest BCUT2D eigenvalue weighted by molar-refractivity contribution is -0.139. The van der Waals surface area contributed by atoms with Crippen molar-refractivity contribution in [2.75, 3.05) is 13.7 Å². The predicted molar refractivity (Wildman–Crippen MR) is 106 cm³/mol. The van der Waals surface area contributed by atoms with E-state index in [9.17, 15) is 22.8 Å². The molecule has 2 aromatic rings. The molecule has 10 heteroatoms. The van der Waals surface area contributed by atoms with Crippen LogP contribution in [0.3, 0.4) is 0 Å². The number of nitrogens with zero attached hydrogens (tertiary/aromatic N) is 2. The van der Waals surface area contributed by atoms with Crippen LogP contribution in [0.2, 0.25) is 0 Å². The standard InChI is InChI=1S/C21H24F3N3O4/c1-12-9-15(11-16(25-12)10-13(2)28)14(3)26-19(29)17-5-6-18(27-20(17)30-4)31-8-7-21(22,23)24/h5-6,9,11,14H,7-8,10H2,1-4H3,(H,26,29). The molecule has 0 radical (unpaired) electrons. The molecular formula is C21H24F3N3O4. The number of nitrogens with one attached hydrogen (secondary N) is 1. The molecule has 0 aromatic carbocycles. The van der Waals surface area contributed by atoms with Crippen molar-refractivity contribution in [3.05, 3.63) is 46.8 Å². The van der Waals surface area contributed by atoms with Gasteiger partial charge in [0.25, 0.3) is 5.91 Å². The number of carbonyl (C=O) groups excluding carboxylic acids is 2. The second-order valence-electron chi connectivity index (χ2n) is 7.03. The molecule has 0 aliphatic heterocycles. The molecule has 0 aliphatic carbocycles. The summed E-state index contributed by atoms with van der Waals surface area (Å²) in [5.74, 6) is -0.655. The zero-order valence-electron chi connectivity index (χ0n) is 17.7. The number of ketones is 1. The van der Waals surface area contributed by atoms with Crippen LogP contribution in [0.4, 0.5) is 13.2 Å². The van der Waals surface area contributed by atoms with Gasteiger partial charge in [-0.15, -0.1) is 0 Å². The summed E-state index contributed by atoms with van der Waals surface area (Å²) in [6, 6.07) is 5.83. The Kier molecular flexibility index (Phi) is 7.95. The molecule has 1 atom stereocenters. The van der Waals surface area contributed by atoms with Crippen LogP contribution in [-0.4, -0.2) is 41.6 Å². The number of rotatable bonds is 9. The van der Waals surface area contributed by atoms with Gasteiger partial charge in [-0.2, -0.15) is 18.2 Å². The lowest BCUT2D eigenvalue weighted by Crippen LogP contribution is -2.27. The highest BCUT2D eigenvalue weighted by atomic mass is 19.4. The first-order valence-electron chi connectivity index (χ1n) is 9.51. The molecule has 1 amide bonds. The van der Waals surface area contributed by atoms with E-state index in [4.69, 9.17) is 9.47 Å². The summed E-state index contributed by atoms with van der Waals surface area (Å²) in [6.45, 7) is 4.46. The molecule has 2 heterocycles. The van der Waals surface area contributed by atoms with Crippen LogP contribution >= 0.6 is 0 Å². The highest BCUT2D eigenvalue weighted by Crippen LogP contribution is 2.24. The van der Waals surface area contributed by atoms with Gasteiger partial charge in [0.15, 0.2) is 0 Å². The lowest BCUT2D eigenvalue weighted by atomic mass is 10.0. The molecule has 2 aromatic heterocycles. The molecule has 31 heavy (non-hydrogen) atoms. The molecule has 1 N–H and O–H groups in total. The number of halogens is 3. The topological polar surface area (TPSA) is 90.4 Å². The quantitative estimate of drug-likeness (QED) is 0.640. The van der Waals surface area contributed by atoms with Crippen LogP contribution in [-0.2, 0) is 11.2 Å². The minimum Gasteiger partial charge on any atom is -0.480 e. The third kappa shape index (κ3) is 7.54. The van der Waals surface area contributed by atoms with Crippen molar-refractivity contribution in [1.82, 2.24) is 15.3 Å². The van der Waals surface area contributed by atoms with Gasteiger partial charge in [-0.05, 0) is 44.5 Å². The maximum atomic E-state index is 12.7. The van der Waals surface area contributed by atoms with Crippen LogP contribution < -0.4 is 14.8 Å². The van der Waals surface area contributed by atoms with Crippen molar-refractivity contribution >= 4 is 11.7 Å². The Morgan fingerprint density at radius 3 is 2.52 bits per heavy atom. The smallest absolute Gasteiger partial charge is 0.392 e. The van der Waals surface area contributed by atoms with E-state index in [1.807, 2.05) is 6.07 Å². The Balaban J connectivity index is 2.12. The van der Waals surface area contributed by atoms with Gasteiger partial charge in [-0.25, -0.2) is 0 Å². The van der Waals surface area contributed by atoms with E-state index in [1.54, 1.807) is 19.9 Å². The second-order valence-corrected chi connectivity index (χ2v) is 7.03. The second kappa shape index (κ2) is 10.2. The Labute approximate surface area is 178 Å². The SMILES string of the molecule is COc1nc(OCCC(F)(F)F)ccc1C(=O)NC(C)c1cc(C)nc(CC(C)=O)c1. The predicted octanol–water partition coefficient (Wildman–Crippen LogP) is 3.75. The fourth-order valence-corrected chi connectivity index (χ4v) is 2.82. The summed E-state index contributed by atoms with van der Waals surface area (Å²) in [7, 11) is 1.29. The highest BCUT2D eigenvalue weighted by Gasteiger charge is 2.27. The molecule has 0 saturated heterocycles. The number of ether oxygens (including phenoxy) is 2. The summed E-state index contributed by atoms with van der Waals surface area (Å²) in [6.07, 6.45) is -5.26. The Morgan fingerprint density at radius 2 is 1.90 bits per heavy atom. The minimum absolute atomic E-state index is 0.0194. The summed E-state index contributed by atoms with van der Waals surface area (Å²) >= 11 is 0. The number of hydrogen-bond acceptors (Lipinski definition) is 6. The van der Waals surface area contributed by atoms with E-state index in [1.165, 1.54) is 26.2 Å². The largest absolute Gasteiger partial charge is 0.480 e. The molecule has 0 fully saturated rings. The van der Waals surface area contributed by atoms with Crippen LogP contribution in [0.5, 0.6) is 11.8 Å². The molecule has 0 saturated carbocycles. The highest BCUT2D eigenvalue weighted by molar-refractivity contribution is 5.96. The Hall–Kier alpha value is -3.17. The average Bonchev–Trinajstić information content (AvgIpc) is 2.65. The molecule has 168 valence electrons. The van der Waals surface area contributed by atoms with Crippen molar-refractivity contribution in [3.63, 3.8) is 0 Å². The molecule has 0 bridgehead atoms. The number of Topliss-reactive ketones (excluding diaryl/α,β-unsaturated/α-hetero) is 1. The maximum absolute atomic E-state index is 12.7. The van der Waals surface area contributed by atoms with E-state index < -0.39 is 31.2 Å². The van der Waals surface area contributed by atoms with Crippen LogP contribution in [0, 0.1) is 6.92 Å². The summed E-state index contributed by atoms with van der Waals surface area (Å²) in [5.41, 5.74) is 2.21. The van der Waals surface area contributed by atoms with Crippen LogP contribution in [0.1, 0.15) is 53.6 Å². The number of carbonyl (C=O) groups is 2. The molecule has 1 unspecified atom stereocenters.